The van der Waals surface area contributed by atoms with E-state index in [0.29, 0.717) is 0 Å². The fraction of sp³-hybridized carbons (Fsp3) is 0.200. The molecule has 0 radical (unpaired) electrons. The summed E-state index contributed by atoms with van der Waals surface area (Å²) in [6.07, 6.45) is 0. The maximum Gasteiger partial charge on any atom is 0.253 e. The van der Waals surface area contributed by atoms with Crippen LogP contribution in [0.1, 0.15) is 17.3 Å². The number of nitrogens with two attached hydrogens (primary N) is 1. The Labute approximate surface area is 103 Å². The van der Waals surface area contributed by atoms with Gasteiger partial charge in [0.05, 0.1) is 15.6 Å². The van der Waals surface area contributed by atoms with Crippen molar-refractivity contribution < 1.29 is 9.59 Å². The number of nitrogens with one attached hydrogen (secondary N) is 1. The molecule has 1 aromatic carbocycles. The van der Waals surface area contributed by atoms with Crippen molar-refractivity contribution in [1.29, 1.82) is 0 Å². The summed E-state index contributed by atoms with van der Waals surface area (Å²) in [5.74, 6) is -1.11. The third-order valence-corrected chi connectivity index (χ3v) is 2.79. The maximum atomic E-state index is 11.7. The molecule has 0 saturated carbocycles. The van der Waals surface area contributed by atoms with Crippen LogP contribution in [-0.4, -0.2) is 17.9 Å². The number of halogens is 2. The highest BCUT2D eigenvalue weighted by molar-refractivity contribution is 6.43. The van der Waals surface area contributed by atoms with Crippen LogP contribution >= 0.6 is 23.2 Å². The highest BCUT2D eigenvalue weighted by atomic mass is 35.5. The van der Waals surface area contributed by atoms with Crippen LogP contribution in [0, 0.1) is 0 Å². The maximum absolute atomic E-state index is 11.7. The van der Waals surface area contributed by atoms with E-state index >= 15 is 0 Å². The number of benzene rings is 1. The largest absolute Gasteiger partial charge is 0.368 e. The first-order valence-electron chi connectivity index (χ1n) is 4.47. The number of hydrogen-bond acceptors (Lipinski definition) is 2. The molecule has 0 aliphatic heterocycles. The first-order valence-corrected chi connectivity index (χ1v) is 5.23. The predicted octanol–water partition coefficient (Wildman–Crippen LogP) is 1.60. The van der Waals surface area contributed by atoms with Gasteiger partial charge < -0.3 is 11.1 Å². The molecule has 3 N–H and O–H groups in total. The van der Waals surface area contributed by atoms with Crippen LogP contribution in [0.15, 0.2) is 18.2 Å². The van der Waals surface area contributed by atoms with Gasteiger partial charge in [0, 0.05) is 0 Å². The zero-order valence-corrected chi connectivity index (χ0v) is 9.97. The first-order chi connectivity index (χ1) is 7.43. The van der Waals surface area contributed by atoms with E-state index < -0.39 is 17.9 Å². The number of carbonyl (C=O) groups is 2. The van der Waals surface area contributed by atoms with Crippen LogP contribution in [0.3, 0.4) is 0 Å². The van der Waals surface area contributed by atoms with Crippen LogP contribution in [0.4, 0.5) is 0 Å². The second-order valence-corrected chi connectivity index (χ2v) is 3.98. The summed E-state index contributed by atoms with van der Waals surface area (Å²) in [5, 5.41) is 2.84. The number of rotatable bonds is 3. The minimum Gasteiger partial charge on any atom is -0.368 e. The lowest BCUT2D eigenvalue weighted by molar-refractivity contribution is -0.119. The quantitative estimate of drug-likeness (QED) is 0.867. The highest BCUT2D eigenvalue weighted by Gasteiger charge is 2.16. The third kappa shape index (κ3) is 2.87. The standard InChI is InChI=1S/C10H10Cl2N2O2/c1-5(9(13)15)14-10(16)6-3-2-4-7(11)8(6)12/h2-5H,1H3,(H2,13,15)(H,14,16). The molecule has 0 spiro atoms. The van der Waals surface area contributed by atoms with E-state index in [2.05, 4.69) is 5.32 Å². The van der Waals surface area contributed by atoms with Crippen molar-refractivity contribution in [3.8, 4) is 0 Å². The van der Waals surface area contributed by atoms with E-state index in [-0.39, 0.29) is 15.6 Å². The molecule has 4 nitrogen and oxygen atoms in total. The van der Waals surface area contributed by atoms with Gasteiger partial charge in [-0.25, -0.2) is 0 Å². The monoisotopic (exact) mass is 260 g/mol. The molecule has 0 fully saturated rings. The number of amides is 2. The van der Waals surface area contributed by atoms with E-state index in [1.54, 1.807) is 12.1 Å². The normalized spacial score (nSPS) is 11.9. The van der Waals surface area contributed by atoms with Gasteiger partial charge in [0.1, 0.15) is 6.04 Å². The van der Waals surface area contributed by atoms with E-state index in [1.807, 2.05) is 0 Å². The molecule has 1 aromatic rings. The van der Waals surface area contributed by atoms with Crippen LogP contribution in [0.2, 0.25) is 10.0 Å². The van der Waals surface area contributed by atoms with Crippen molar-refractivity contribution in [2.24, 2.45) is 5.73 Å². The predicted molar refractivity (Wildman–Crippen MR) is 62.6 cm³/mol. The molecule has 0 aromatic heterocycles. The molecule has 1 atom stereocenters. The fourth-order valence-electron chi connectivity index (χ4n) is 1.02. The van der Waals surface area contributed by atoms with E-state index in [0.717, 1.165) is 0 Å². The average Bonchev–Trinajstić information content (AvgIpc) is 2.21. The Bertz CT molecular complexity index is 435. The van der Waals surface area contributed by atoms with E-state index in [4.69, 9.17) is 28.9 Å². The van der Waals surface area contributed by atoms with Crippen molar-refractivity contribution in [2.45, 2.75) is 13.0 Å². The van der Waals surface area contributed by atoms with Crippen molar-refractivity contribution >= 4 is 35.0 Å². The third-order valence-electron chi connectivity index (χ3n) is 1.97. The Morgan fingerprint density at radius 2 is 2.00 bits per heavy atom. The zero-order valence-electron chi connectivity index (χ0n) is 8.46. The summed E-state index contributed by atoms with van der Waals surface area (Å²) in [4.78, 5) is 22.4. The van der Waals surface area contributed by atoms with Gasteiger partial charge in [-0.2, -0.15) is 0 Å². The zero-order chi connectivity index (χ0) is 12.3. The first kappa shape index (κ1) is 12.8. The fourth-order valence-corrected chi connectivity index (χ4v) is 1.41. The molecule has 1 unspecified atom stereocenters. The summed E-state index contributed by atoms with van der Waals surface area (Å²) in [6.45, 7) is 1.48. The van der Waals surface area contributed by atoms with Crippen LogP contribution in [-0.2, 0) is 4.79 Å². The lowest BCUT2D eigenvalue weighted by atomic mass is 10.2. The molecule has 0 bridgehead atoms. The molecule has 0 aliphatic rings. The lowest BCUT2D eigenvalue weighted by Gasteiger charge is -2.11. The van der Waals surface area contributed by atoms with Crippen molar-refractivity contribution in [3.63, 3.8) is 0 Å². The summed E-state index contributed by atoms with van der Waals surface area (Å²) >= 11 is 11.6. The van der Waals surface area contributed by atoms with Gasteiger partial charge in [-0.1, -0.05) is 29.3 Å². The minimum atomic E-state index is -0.762. The topological polar surface area (TPSA) is 72.2 Å². The summed E-state index contributed by atoms with van der Waals surface area (Å²) in [6, 6.07) is 3.91. The van der Waals surface area contributed by atoms with Crippen LogP contribution in [0.5, 0.6) is 0 Å². The van der Waals surface area contributed by atoms with Gasteiger partial charge in [-0.15, -0.1) is 0 Å². The van der Waals surface area contributed by atoms with Gasteiger partial charge in [-0.3, -0.25) is 9.59 Å². The summed E-state index contributed by atoms with van der Waals surface area (Å²) in [5.41, 5.74) is 5.23. The number of hydrogen-bond donors (Lipinski definition) is 2. The summed E-state index contributed by atoms with van der Waals surface area (Å²) < 4.78 is 0. The molecular formula is C10H10Cl2N2O2. The van der Waals surface area contributed by atoms with Gasteiger partial charge in [-0.05, 0) is 19.1 Å². The molecule has 1 rings (SSSR count). The molecule has 0 aliphatic carbocycles. The molecule has 16 heavy (non-hydrogen) atoms. The Kier molecular flexibility index (Phi) is 4.15. The smallest absolute Gasteiger partial charge is 0.253 e. The number of carbonyl (C=O) groups excluding carboxylic acids is 2. The Morgan fingerprint density at radius 3 is 2.56 bits per heavy atom. The lowest BCUT2D eigenvalue weighted by Crippen LogP contribution is -2.42. The molecule has 0 heterocycles. The Morgan fingerprint density at radius 1 is 1.38 bits per heavy atom. The average molecular weight is 261 g/mol. The Hall–Kier alpha value is -1.26. The van der Waals surface area contributed by atoms with Gasteiger partial charge >= 0.3 is 0 Å². The molecule has 86 valence electrons. The molecule has 0 saturated heterocycles. The van der Waals surface area contributed by atoms with Gasteiger partial charge in [0.25, 0.3) is 5.91 Å². The minimum absolute atomic E-state index is 0.151. The van der Waals surface area contributed by atoms with Gasteiger partial charge in [0.2, 0.25) is 5.91 Å². The van der Waals surface area contributed by atoms with E-state index in [1.165, 1.54) is 13.0 Å². The van der Waals surface area contributed by atoms with Crippen LogP contribution in [0.25, 0.3) is 0 Å². The second kappa shape index (κ2) is 5.18. The Balaban J connectivity index is 2.89. The van der Waals surface area contributed by atoms with Gasteiger partial charge in [0.15, 0.2) is 0 Å². The van der Waals surface area contributed by atoms with Crippen molar-refractivity contribution in [3.05, 3.63) is 33.8 Å². The summed E-state index contributed by atoms with van der Waals surface area (Å²) in [7, 11) is 0. The highest BCUT2D eigenvalue weighted by Crippen LogP contribution is 2.25. The SMILES string of the molecule is CC(NC(=O)c1cccc(Cl)c1Cl)C(N)=O. The molecule has 6 heteroatoms. The molecular weight excluding hydrogens is 251 g/mol. The van der Waals surface area contributed by atoms with E-state index in [9.17, 15) is 9.59 Å². The second-order valence-electron chi connectivity index (χ2n) is 3.20. The van der Waals surface area contributed by atoms with Crippen LogP contribution < -0.4 is 11.1 Å². The van der Waals surface area contributed by atoms with Crippen molar-refractivity contribution in [2.75, 3.05) is 0 Å². The van der Waals surface area contributed by atoms with Crippen molar-refractivity contribution in [1.82, 2.24) is 5.32 Å². The molecule has 2 amide bonds. The number of primary amides is 1.